The Morgan fingerprint density at radius 1 is 1.33 bits per heavy atom. The molecular weight excluding hydrogens is 222 g/mol. The first kappa shape index (κ1) is 13.3. The topological polar surface area (TPSA) is 12.5 Å². The first-order chi connectivity index (χ1) is 8.52. The molecule has 1 aromatic carbocycles. The van der Waals surface area contributed by atoms with Gasteiger partial charge in [-0.1, -0.05) is 33.3 Å². The van der Waals surface area contributed by atoms with E-state index in [1.165, 1.54) is 24.1 Å². The van der Waals surface area contributed by atoms with Gasteiger partial charge in [0.15, 0.2) is 0 Å². The van der Waals surface area contributed by atoms with E-state index < -0.39 is 0 Å². The third-order valence-corrected chi connectivity index (χ3v) is 4.47. The van der Waals surface area contributed by atoms with E-state index in [0.717, 1.165) is 12.3 Å². The van der Waals surface area contributed by atoms with Crippen LogP contribution in [0.1, 0.15) is 46.1 Å². The van der Waals surface area contributed by atoms with E-state index in [1.807, 2.05) is 0 Å². The Morgan fingerprint density at radius 3 is 2.67 bits per heavy atom. The van der Waals surface area contributed by atoms with Gasteiger partial charge >= 0.3 is 0 Å². The van der Waals surface area contributed by atoms with Gasteiger partial charge in [0.05, 0.1) is 7.11 Å². The van der Waals surface area contributed by atoms with Crippen molar-refractivity contribution in [1.29, 1.82) is 0 Å². The lowest BCUT2D eigenvalue weighted by molar-refractivity contribution is 0.414. The van der Waals surface area contributed by atoms with Crippen LogP contribution in [0.3, 0.4) is 0 Å². The summed E-state index contributed by atoms with van der Waals surface area (Å²) >= 11 is 0. The number of methoxy groups -OCH3 is 1. The van der Waals surface area contributed by atoms with Crippen LogP contribution in [0.5, 0.6) is 5.75 Å². The standard InChI is InChI=1S/C16H25NO/c1-6-7-10-17-12(2)16(3,4)14-9-8-13(18-5)11-15(14)17/h8-9,11-12H,6-7,10H2,1-5H3. The lowest BCUT2D eigenvalue weighted by atomic mass is 9.81. The summed E-state index contributed by atoms with van der Waals surface area (Å²) in [6.07, 6.45) is 2.49. The predicted octanol–water partition coefficient (Wildman–Crippen LogP) is 3.98. The molecule has 0 radical (unpaired) electrons. The highest BCUT2D eigenvalue weighted by Gasteiger charge is 2.41. The van der Waals surface area contributed by atoms with Gasteiger partial charge in [-0.3, -0.25) is 0 Å². The summed E-state index contributed by atoms with van der Waals surface area (Å²) in [6.45, 7) is 10.4. The number of unbranched alkanes of at least 4 members (excludes halogenated alkanes) is 1. The highest BCUT2D eigenvalue weighted by Crippen LogP contribution is 2.46. The average molecular weight is 247 g/mol. The molecule has 0 aliphatic carbocycles. The number of ether oxygens (including phenoxy) is 1. The minimum Gasteiger partial charge on any atom is -0.497 e. The zero-order chi connectivity index (χ0) is 13.3. The molecule has 0 spiro atoms. The van der Waals surface area contributed by atoms with Gasteiger partial charge in [-0.05, 0) is 25.0 Å². The highest BCUT2D eigenvalue weighted by atomic mass is 16.5. The summed E-state index contributed by atoms with van der Waals surface area (Å²) in [5.74, 6) is 0.958. The monoisotopic (exact) mass is 247 g/mol. The Labute approximate surface area is 111 Å². The van der Waals surface area contributed by atoms with E-state index in [4.69, 9.17) is 4.74 Å². The van der Waals surface area contributed by atoms with E-state index in [0.29, 0.717) is 6.04 Å². The van der Waals surface area contributed by atoms with Crippen molar-refractivity contribution in [3.63, 3.8) is 0 Å². The van der Waals surface area contributed by atoms with Gasteiger partial charge in [0.25, 0.3) is 0 Å². The molecule has 0 fully saturated rings. The number of hydrogen-bond acceptors (Lipinski definition) is 2. The number of benzene rings is 1. The molecule has 2 nitrogen and oxygen atoms in total. The molecule has 1 aliphatic rings. The van der Waals surface area contributed by atoms with Crippen LogP contribution in [0.2, 0.25) is 0 Å². The van der Waals surface area contributed by atoms with Crippen molar-refractivity contribution in [2.75, 3.05) is 18.6 Å². The zero-order valence-corrected chi connectivity index (χ0v) is 12.3. The zero-order valence-electron chi connectivity index (χ0n) is 12.3. The van der Waals surface area contributed by atoms with E-state index in [9.17, 15) is 0 Å². The van der Waals surface area contributed by atoms with Crippen molar-refractivity contribution >= 4 is 5.69 Å². The SMILES string of the molecule is CCCCN1c2cc(OC)ccc2C(C)(C)C1C. The third kappa shape index (κ3) is 1.98. The number of anilines is 1. The van der Waals surface area contributed by atoms with Crippen molar-refractivity contribution in [3.05, 3.63) is 23.8 Å². The van der Waals surface area contributed by atoms with Gasteiger partial charge < -0.3 is 9.64 Å². The molecular formula is C16H25NO. The lowest BCUT2D eigenvalue weighted by Gasteiger charge is -2.31. The van der Waals surface area contributed by atoms with Gasteiger partial charge in [-0.25, -0.2) is 0 Å². The summed E-state index contributed by atoms with van der Waals surface area (Å²) in [4.78, 5) is 2.54. The molecule has 0 saturated carbocycles. The normalized spacial score (nSPS) is 20.9. The summed E-state index contributed by atoms with van der Waals surface area (Å²) in [7, 11) is 1.74. The molecule has 1 heterocycles. The lowest BCUT2D eigenvalue weighted by Crippen LogP contribution is -2.39. The Kier molecular flexibility index (Phi) is 3.56. The fourth-order valence-electron chi connectivity index (χ4n) is 2.89. The van der Waals surface area contributed by atoms with Crippen molar-refractivity contribution in [3.8, 4) is 5.75 Å². The summed E-state index contributed by atoms with van der Waals surface area (Å²) in [6, 6.07) is 7.05. The second-order valence-electron chi connectivity index (χ2n) is 5.83. The van der Waals surface area contributed by atoms with E-state index in [-0.39, 0.29) is 5.41 Å². The molecule has 2 rings (SSSR count). The maximum absolute atomic E-state index is 5.37. The van der Waals surface area contributed by atoms with Crippen molar-refractivity contribution < 1.29 is 4.74 Å². The second kappa shape index (κ2) is 4.83. The van der Waals surface area contributed by atoms with Gasteiger partial charge in [0.1, 0.15) is 5.75 Å². The molecule has 0 saturated heterocycles. The van der Waals surface area contributed by atoms with Crippen LogP contribution in [-0.4, -0.2) is 19.7 Å². The minimum absolute atomic E-state index is 0.218. The largest absolute Gasteiger partial charge is 0.497 e. The first-order valence-electron chi connectivity index (χ1n) is 6.97. The minimum atomic E-state index is 0.218. The summed E-state index contributed by atoms with van der Waals surface area (Å²) in [5.41, 5.74) is 3.03. The van der Waals surface area contributed by atoms with E-state index in [1.54, 1.807) is 7.11 Å². The maximum Gasteiger partial charge on any atom is 0.120 e. The van der Waals surface area contributed by atoms with Crippen LogP contribution in [0, 0.1) is 0 Å². The Morgan fingerprint density at radius 2 is 2.06 bits per heavy atom. The number of fused-ring (bicyclic) bond motifs is 1. The van der Waals surface area contributed by atoms with E-state index >= 15 is 0 Å². The fourth-order valence-corrected chi connectivity index (χ4v) is 2.89. The van der Waals surface area contributed by atoms with Crippen LogP contribution in [0.15, 0.2) is 18.2 Å². The van der Waals surface area contributed by atoms with Crippen LogP contribution in [-0.2, 0) is 5.41 Å². The van der Waals surface area contributed by atoms with Crippen LogP contribution < -0.4 is 9.64 Å². The quantitative estimate of drug-likeness (QED) is 0.798. The molecule has 1 atom stereocenters. The molecule has 0 amide bonds. The molecule has 1 unspecified atom stereocenters. The van der Waals surface area contributed by atoms with Crippen LogP contribution in [0.25, 0.3) is 0 Å². The predicted molar refractivity (Wildman–Crippen MR) is 77.7 cm³/mol. The molecule has 0 N–H and O–H groups in total. The first-order valence-corrected chi connectivity index (χ1v) is 6.97. The van der Waals surface area contributed by atoms with Crippen LogP contribution in [0.4, 0.5) is 5.69 Å². The molecule has 0 aromatic heterocycles. The van der Waals surface area contributed by atoms with Gasteiger partial charge in [0.2, 0.25) is 0 Å². The summed E-state index contributed by atoms with van der Waals surface area (Å²) in [5, 5.41) is 0. The van der Waals surface area contributed by atoms with Crippen LogP contribution >= 0.6 is 0 Å². The van der Waals surface area contributed by atoms with Crippen molar-refractivity contribution in [2.24, 2.45) is 0 Å². The van der Waals surface area contributed by atoms with Crippen molar-refractivity contribution in [2.45, 2.75) is 52.0 Å². The maximum atomic E-state index is 5.37. The van der Waals surface area contributed by atoms with Gasteiger partial charge in [-0.2, -0.15) is 0 Å². The van der Waals surface area contributed by atoms with Crippen molar-refractivity contribution in [1.82, 2.24) is 0 Å². The molecule has 100 valence electrons. The molecule has 18 heavy (non-hydrogen) atoms. The average Bonchev–Trinajstić information content (AvgIpc) is 2.55. The van der Waals surface area contributed by atoms with Gasteiger partial charge in [-0.15, -0.1) is 0 Å². The Balaban J connectivity index is 2.41. The molecule has 1 aromatic rings. The van der Waals surface area contributed by atoms with Gasteiger partial charge in [0, 0.05) is 29.8 Å². The van der Waals surface area contributed by atoms with E-state index in [2.05, 4.69) is 50.8 Å². The smallest absolute Gasteiger partial charge is 0.120 e. The number of rotatable bonds is 4. The summed E-state index contributed by atoms with van der Waals surface area (Å²) < 4.78 is 5.37. The molecule has 2 heteroatoms. The molecule has 1 aliphatic heterocycles. The number of hydrogen-bond donors (Lipinski definition) is 0. The Bertz CT molecular complexity index is 425. The fraction of sp³-hybridized carbons (Fsp3) is 0.625. The third-order valence-electron chi connectivity index (χ3n) is 4.47. The Hall–Kier alpha value is -1.18. The molecule has 0 bridgehead atoms. The number of nitrogens with zero attached hydrogens (tertiary/aromatic N) is 1. The second-order valence-corrected chi connectivity index (χ2v) is 5.83. The highest BCUT2D eigenvalue weighted by molar-refractivity contribution is 5.66.